The summed E-state index contributed by atoms with van der Waals surface area (Å²) in [7, 11) is 3.32. The van der Waals surface area contributed by atoms with Crippen molar-refractivity contribution < 1.29 is 9.59 Å². The van der Waals surface area contributed by atoms with Gasteiger partial charge in [0, 0.05) is 30.4 Å². The molecule has 1 aliphatic heterocycles. The molecule has 2 aromatic rings. The zero-order valence-electron chi connectivity index (χ0n) is 12.9. The second-order valence-electron chi connectivity index (χ2n) is 5.79. The number of halogens is 1. The number of para-hydroxylation sites is 1. The van der Waals surface area contributed by atoms with Gasteiger partial charge < -0.3 is 10.2 Å². The zero-order valence-corrected chi connectivity index (χ0v) is 13.7. The number of rotatable bonds is 2. The molecule has 0 aromatic heterocycles. The molecule has 0 bridgehead atoms. The molecule has 0 saturated carbocycles. The van der Waals surface area contributed by atoms with E-state index >= 15 is 0 Å². The van der Waals surface area contributed by atoms with E-state index in [1.807, 2.05) is 24.3 Å². The van der Waals surface area contributed by atoms with Crippen LogP contribution in [0.25, 0.3) is 0 Å². The average molecular weight is 329 g/mol. The Balaban J connectivity index is 2.09. The highest BCUT2D eigenvalue weighted by Gasteiger charge is 2.41. The molecule has 1 N–H and O–H groups in total. The van der Waals surface area contributed by atoms with Gasteiger partial charge in [0.05, 0.1) is 6.04 Å². The predicted molar refractivity (Wildman–Crippen MR) is 90.8 cm³/mol. The molecule has 2 atom stereocenters. The number of ketones is 1. The van der Waals surface area contributed by atoms with Crippen LogP contribution >= 0.6 is 11.6 Å². The monoisotopic (exact) mass is 328 g/mol. The van der Waals surface area contributed by atoms with Crippen molar-refractivity contribution in [3.8, 4) is 0 Å². The number of anilines is 1. The van der Waals surface area contributed by atoms with Crippen molar-refractivity contribution in [2.45, 2.75) is 6.04 Å². The van der Waals surface area contributed by atoms with E-state index in [-0.39, 0.29) is 11.7 Å². The number of nitrogens with zero attached hydrogens (tertiary/aromatic N) is 1. The third-order valence-electron chi connectivity index (χ3n) is 4.06. The summed E-state index contributed by atoms with van der Waals surface area (Å²) in [5, 5.41) is 3.95. The minimum atomic E-state index is -0.791. The fraction of sp³-hybridized carbons (Fsp3) is 0.222. The quantitative estimate of drug-likeness (QED) is 0.860. The summed E-state index contributed by atoms with van der Waals surface area (Å²) < 4.78 is 0. The Hall–Kier alpha value is -2.33. The SMILES string of the molecule is CN(C)C(=O)[C@@H]1C(=O)c2ccccc2N[C@H]1c1ccc(Cl)cc1. The van der Waals surface area contributed by atoms with E-state index in [4.69, 9.17) is 11.6 Å². The summed E-state index contributed by atoms with van der Waals surface area (Å²) in [5.74, 6) is -1.16. The van der Waals surface area contributed by atoms with Crippen LogP contribution in [0.2, 0.25) is 5.02 Å². The molecule has 0 aliphatic carbocycles. The largest absolute Gasteiger partial charge is 0.376 e. The van der Waals surface area contributed by atoms with Crippen molar-refractivity contribution in [3.05, 3.63) is 64.7 Å². The van der Waals surface area contributed by atoms with Crippen LogP contribution in [0.5, 0.6) is 0 Å². The Kier molecular flexibility index (Phi) is 4.09. The number of amides is 1. The zero-order chi connectivity index (χ0) is 16.6. The van der Waals surface area contributed by atoms with Crippen LogP contribution in [-0.4, -0.2) is 30.7 Å². The maximum absolute atomic E-state index is 12.9. The predicted octanol–water partition coefficient (Wildman–Crippen LogP) is 3.39. The van der Waals surface area contributed by atoms with Gasteiger partial charge in [0.15, 0.2) is 5.78 Å². The van der Waals surface area contributed by atoms with Crippen LogP contribution in [0.15, 0.2) is 48.5 Å². The lowest BCUT2D eigenvalue weighted by atomic mass is 9.81. The van der Waals surface area contributed by atoms with E-state index in [9.17, 15) is 9.59 Å². The summed E-state index contributed by atoms with van der Waals surface area (Å²) in [6, 6.07) is 14.1. The number of fused-ring (bicyclic) bond motifs is 1. The van der Waals surface area contributed by atoms with E-state index in [0.717, 1.165) is 11.3 Å². The van der Waals surface area contributed by atoms with Crippen molar-refractivity contribution in [2.24, 2.45) is 5.92 Å². The van der Waals surface area contributed by atoms with Gasteiger partial charge >= 0.3 is 0 Å². The number of hydrogen-bond donors (Lipinski definition) is 1. The van der Waals surface area contributed by atoms with Gasteiger partial charge in [-0.1, -0.05) is 35.9 Å². The standard InChI is InChI=1S/C18H17ClN2O2/c1-21(2)18(23)15-16(11-7-9-12(19)10-8-11)20-14-6-4-3-5-13(14)17(15)22/h3-10,15-16,20H,1-2H3/t15-,16-/m0/s1. The van der Waals surface area contributed by atoms with Crippen LogP contribution in [0, 0.1) is 5.92 Å². The Morgan fingerprint density at radius 2 is 1.74 bits per heavy atom. The number of hydrogen-bond acceptors (Lipinski definition) is 3. The van der Waals surface area contributed by atoms with Crippen molar-refractivity contribution in [3.63, 3.8) is 0 Å². The highest BCUT2D eigenvalue weighted by atomic mass is 35.5. The first kappa shape index (κ1) is 15.6. The highest BCUT2D eigenvalue weighted by molar-refractivity contribution is 6.30. The van der Waals surface area contributed by atoms with Gasteiger partial charge in [-0.05, 0) is 29.8 Å². The average Bonchev–Trinajstić information content (AvgIpc) is 2.55. The van der Waals surface area contributed by atoms with E-state index in [1.165, 1.54) is 4.90 Å². The van der Waals surface area contributed by atoms with Gasteiger partial charge in [0.1, 0.15) is 5.92 Å². The molecule has 118 valence electrons. The molecule has 5 heteroatoms. The maximum atomic E-state index is 12.9. The molecule has 1 aliphatic rings. The lowest BCUT2D eigenvalue weighted by Gasteiger charge is -2.34. The molecule has 1 heterocycles. The number of carbonyl (C=O) groups is 2. The highest BCUT2D eigenvalue weighted by Crippen LogP contribution is 2.37. The van der Waals surface area contributed by atoms with Gasteiger partial charge in [0.2, 0.25) is 5.91 Å². The number of nitrogens with one attached hydrogen (secondary N) is 1. The Bertz CT molecular complexity index is 756. The van der Waals surface area contributed by atoms with E-state index < -0.39 is 12.0 Å². The smallest absolute Gasteiger partial charge is 0.235 e. The van der Waals surface area contributed by atoms with Crippen molar-refractivity contribution >= 4 is 29.0 Å². The van der Waals surface area contributed by atoms with Crippen LogP contribution < -0.4 is 5.32 Å². The van der Waals surface area contributed by atoms with E-state index in [2.05, 4.69) is 5.32 Å². The molecule has 0 spiro atoms. The van der Waals surface area contributed by atoms with Crippen molar-refractivity contribution in [1.29, 1.82) is 0 Å². The normalized spacial score (nSPS) is 19.7. The molecule has 0 saturated heterocycles. The van der Waals surface area contributed by atoms with E-state index in [1.54, 1.807) is 38.4 Å². The summed E-state index contributed by atoms with van der Waals surface area (Å²) >= 11 is 5.95. The number of carbonyl (C=O) groups excluding carboxylic acids is 2. The van der Waals surface area contributed by atoms with Gasteiger partial charge in [-0.3, -0.25) is 9.59 Å². The number of Topliss-reactive ketones (excluding diaryl/α,β-unsaturated/α-hetero) is 1. The van der Waals surface area contributed by atoms with Gasteiger partial charge in [0.25, 0.3) is 0 Å². The Labute approximate surface area is 140 Å². The Morgan fingerprint density at radius 3 is 2.39 bits per heavy atom. The molecule has 0 radical (unpaired) electrons. The molecule has 2 aromatic carbocycles. The first-order chi connectivity index (χ1) is 11.0. The molecule has 23 heavy (non-hydrogen) atoms. The molecule has 3 rings (SSSR count). The lowest BCUT2D eigenvalue weighted by Crippen LogP contribution is -2.43. The fourth-order valence-corrected chi connectivity index (χ4v) is 3.00. The molecular weight excluding hydrogens is 312 g/mol. The summed E-state index contributed by atoms with van der Waals surface area (Å²) in [4.78, 5) is 27.0. The molecule has 4 nitrogen and oxygen atoms in total. The Morgan fingerprint density at radius 1 is 1.09 bits per heavy atom. The molecule has 1 amide bonds. The third kappa shape index (κ3) is 2.82. The van der Waals surface area contributed by atoms with Crippen molar-refractivity contribution in [2.75, 3.05) is 19.4 Å². The van der Waals surface area contributed by atoms with Crippen LogP contribution in [0.4, 0.5) is 5.69 Å². The fourth-order valence-electron chi connectivity index (χ4n) is 2.87. The van der Waals surface area contributed by atoms with Gasteiger partial charge in [-0.25, -0.2) is 0 Å². The first-order valence-corrected chi connectivity index (χ1v) is 7.73. The third-order valence-corrected chi connectivity index (χ3v) is 4.31. The maximum Gasteiger partial charge on any atom is 0.235 e. The first-order valence-electron chi connectivity index (χ1n) is 7.35. The second-order valence-corrected chi connectivity index (χ2v) is 6.23. The summed E-state index contributed by atoms with van der Waals surface area (Å²) in [6.45, 7) is 0. The minimum absolute atomic E-state index is 0.155. The van der Waals surface area contributed by atoms with Gasteiger partial charge in [-0.2, -0.15) is 0 Å². The van der Waals surface area contributed by atoms with Crippen LogP contribution in [0.1, 0.15) is 22.0 Å². The van der Waals surface area contributed by atoms with Crippen molar-refractivity contribution in [1.82, 2.24) is 4.90 Å². The molecule has 0 fully saturated rings. The molecular formula is C18H17ClN2O2. The minimum Gasteiger partial charge on any atom is -0.376 e. The molecule has 0 unspecified atom stereocenters. The lowest BCUT2D eigenvalue weighted by molar-refractivity contribution is -0.131. The number of benzene rings is 2. The van der Waals surface area contributed by atoms with Crippen LogP contribution in [0.3, 0.4) is 0 Å². The topological polar surface area (TPSA) is 49.4 Å². The second kappa shape index (κ2) is 6.05. The summed E-state index contributed by atoms with van der Waals surface area (Å²) in [5.41, 5.74) is 2.16. The summed E-state index contributed by atoms with van der Waals surface area (Å²) in [6.07, 6.45) is 0. The van der Waals surface area contributed by atoms with E-state index in [0.29, 0.717) is 10.6 Å². The van der Waals surface area contributed by atoms with Gasteiger partial charge in [-0.15, -0.1) is 0 Å². The van der Waals surface area contributed by atoms with Crippen LogP contribution in [-0.2, 0) is 4.79 Å².